The van der Waals surface area contributed by atoms with E-state index in [0.717, 1.165) is 31.5 Å². The number of hydrogen-bond donors (Lipinski definition) is 1. The molecule has 0 amide bonds. The monoisotopic (exact) mass is 266 g/mol. The maximum Gasteiger partial charge on any atom is 0.123 e. The highest BCUT2D eigenvalue weighted by molar-refractivity contribution is 5.26. The van der Waals surface area contributed by atoms with Crippen LogP contribution in [0.25, 0.3) is 0 Å². The SMILES string of the molecule is CCCC(N)(c1ccc(F)cc1)C(C)N(CC)CC. The van der Waals surface area contributed by atoms with E-state index in [-0.39, 0.29) is 11.9 Å². The van der Waals surface area contributed by atoms with Crippen molar-refractivity contribution in [3.05, 3.63) is 35.6 Å². The van der Waals surface area contributed by atoms with Gasteiger partial charge in [0.05, 0.1) is 5.54 Å². The van der Waals surface area contributed by atoms with Crippen LogP contribution < -0.4 is 5.73 Å². The molecule has 0 bridgehead atoms. The van der Waals surface area contributed by atoms with Gasteiger partial charge in [-0.1, -0.05) is 39.3 Å². The van der Waals surface area contributed by atoms with Crippen molar-refractivity contribution in [3.8, 4) is 0 Å². The Morgan fingerprint density at radius 2 is 1.68 bits per heavy atom. The van der Waals surface area contributed by atoms with Crippen molar-refractivity contribution in [1.29, 1.82) is 0 Å². The summed E-state index contributed by atoms with van der Waals surface area (Å²) in [5.74, 6) is -0.210. The summed E-state index contributed by atoms with van der Waals surface area (Å²) in [6, 6.07) is 6.88. The van der Waals surface area contributed by atoms with E-state index in [4.69, 9.17) is 5.73 Å². The molecule has 0 saturated carbocycles. The number of nitrogens with zero attached hydrogens (tertiary/aromatic N) is 1. The van der Waals surface area contributed by atoms with E-state index in [1.54, 1.807) is 0 Å². The molecule has 0 aliphatic heterocycles. The summed E-state index contributed by atoms with van der Waals surface area (Å²) >= 11 is 0. The van der Waals surface area contributed by atoms with Crippen LogP contribution in [0.2, 0.25) is 0 Å². The van der Waals surface area contributed by atoms with E-state index >= 15 is 0 Å². The second-order valence-electron chi connectivity index (χ2n) is 5.19. The van der Waals surface area contributed by atoms with Crippen LogP contribution in [-0.4, -0.2) is 24.0 Å². The van der Waals surface area contributed by atoms with Gasteiger partial charge in [-0.3, -0.25) is 4.90 Å². The molecule has 3 heteroatoms. The van der Waals surface area contributed by atoms with Gasteiger partial charge in [0.1, 0.15) is 5.82 Å². The lowest BCUT2D eigenvalue weighted by Crippen LogP contribution is -2.54. The molecule has 1 rings (SSSR count). The molecule has 2 N–H and O–H groups in total. The normalized spacial score (nSPS) is 16.4. The van der Waals surface area contributed by atoms with Gasteiger partial charge in [-0.15, -0.1) is 0 Å². The minimum atomic E-state index is -0.422. The van der Waals surface area contributed by atoms with Gasteiger partial charge < -0.3 is 5.73 Å². The molecule has 2 unspecified atom stereocenters. The molecule has 19 heavy (non-hydrogen) atoms. The third kappa shape index (κ3) is 3.54. The van der Waals surface area contributed by atoms with Gasteiger partial charge in [0.15, 0.2) is 0 Å². The summed E-state index contributed by atoms with van der Waals surface area (Å²) in [5, 5.41) is 0. The van der Waals surface area contributed by atoms with Crippen LogP contribution in [0, 0.1) is 5.82 Å². The van der Waals surface area contributed by atoms with E-state index in [2.05, 4.69) is 32.6 Å². The number of nitrogens with two attached hydrogens (primary N) is 1. The number of halogens is 1. The Labute approximate surface area is 116 Å². The van der Waals surface area contributed by atoms with Gasteiger partial charge in [0.2, 0.25) is 0 Å². The standard InChI is InChI=1S/C16H27FN2/c1-5-12-16(18,13(4)19(6-2)7-3)14-8-10-15(17)11-9-14/h8-11,13H,5-7,12,18H2,1-4H3. The van der Waals surface area contributed by atoms with Gasteiger partial charge in [0, 0.05) is 6.04 Å². The Balaban J connectivity index is 3.11. The molecule has 0 fully saturated rings. The fourth-order valence-electron chi connectivity index (χ4n) is 2.87. The van der Waals surface area contributed by atoms with Gasteiger partial charge in [-0.25, -0.2) is 4.39 Å². The average Bonchev–Trinajstić information content (AvgIpc) is 2.40. The van der Waals surface area contributed by atoms with Crippen LogP contribution in [0.1, 0.15) is 46.1 Å². The Morgan fingerprint density at radius 1 is 1.16 bits per heavy atom. The second-order valence-corrected chi connectivity index (χ2v) is 5.19. The lowest BCUT2D eigenvalue weighted by Gasteiger charge is -2.42. The Bertz CT molecular complexity index is 373. The van der Waals surface area contributed by atoms with Crippen molar-refractivity contribution in [3.63, 3.8) is 0 Å². The van der Waals surface area contributed by atoms with Crippen molar-refractivity contribution < 1.29 is 4.39 Å². The molecular formula is C16H27FN2. The molecule has 0 aliphatic rings. The zero-order chi connectivity index (χ0) is 14.5. The molecule has 108 valence electrons. The predicted molar refractivity (Wildman–Crippen MR) is 79.6 cm³/mol. The van der Waals surface area contributed by atoms with Gasteiger partial charge in [0.25, 0.3) is 0 Å². The fraction of sp³-hybridized carbons (Fsp3) is 0.625. The van der Waals surface area contributed by atoms with E-state index in [1.165, 1.54) is 12.1 Å². The summed E-state index contributed by atoms with van der Waals surface area (Å²) in [5.41, 5.74) is 7.31. The number of likely N-dealkylation sites (N-methyl/N-ethyl adjacent to an activating group) is 1. The lowest BCUT2D eigenvalue weighted by atomic mass is 9.80. The van der Waals surface area contributed by atoms with Crippen LogP contribution in [0.4, 0.5) is 4.39 Å². The molecule has 0 spiro atoms. The van der Waals surface area contributed by atoms with Crippen molar-refractivity contribution >= 4 is 0 Å². The average molecular weight is 266 g/mol. The smallest absolute Gasteiger partial charge is 0.123 e. The largest absolute Gasteiger partial charge is 0.320 e. The highest BCUT2D eigenvalue weighted by Crippen LogP contribution is 2.30. The molecule has 0 heterocycles. The van der Waals surface area contributed by atoms with E-state index in [9.17, 15) is 4.39 Å². The predicted octanol–water partition coefficient (Wildman–Crippen LogP) is 3.51. The molecule has 0 saturated heterocycles. The summed E-state index contributed by atoms with van der Waals surface area (Å²) in [4.78, 5) is 2.36. The van der Waals surface area contributed by atoms with Crippen LogP contribution in [0.15, 0.2) is 24.3 Å². The van der Waals surface area contributed by atoms with Crippen LogP contribution in [0.5, 0.6) is 0 Å². The minimum Gasteiger partial charge on any atom is -0.320 e. The van der Waals surface area contributed by atoms with Crippen LogP contribution in [-0.2, 0) is 5.54 Å². The molecule has 1 aromatic carbocycles. The summed E-state index contributed by atoms with van der Waals surface area (Å²) in [6.07, 6.45) is 1.91. The first-order valence-corrected chi connectivity index (χ1v) is 7.28. The molecule has 0 radical (unpaired) electrons. The minimum absolute atomic E-state index is 0.210. The highest BCUT2D eigenvalue weighted by Gasteiger charge is 2.35. The molecule has 2 atom stereocenters. The number of hydrogen-bond acceptors (Lipinski definition) is 2. The van der Waals surface area contributed by atoms with Crippen molar-refractivity contribution in [1.82, 2.24) is 4.90 Å². The molecule has 0 aromatic heterocycles. The van der Waals surface area contributed by atoms with Crippen molar-refractivity contribution in [2.45, 2.75) is 52.1 Å². The molecular weight excluding hydrogens is 239 g/mol. The molecule has 1 aromatic rings. The third-order valence-electron chi connectivity index (χ3n) is 4.15. The summed E-state index contributed by atoms with van der Waals surface area (Å²) in [7, 11) is 0. The number of benzene rings is 1. The maximum atomic E-state index is 13.1. The highest BCUT2D eigenvalue weighted by atomic mass is 19.1. The van der Waals surface area contributed by atoms with Gasteiger partial charge in [-0.2, -0.15) is 0 Å². The second kappa shape index (κ2) is 7.01. The Morgan fingerprint density at radius 3 is 2.11 bits per heavy atom. The van der Waals surface area contributed by atoms with E-state index < -0.39 is 5.54 Å². The quantitative estimate of drug-likeness (QED) is 0.818. The van der Waals surface area contributed by atoms with Gasteiger partial charge >= 0.3 is 0 Å². The first-order valence-electron chi connectivity index (χ1n) is 7.28. The topological polar surface area (TPSA) is 29.3 Å². The first kappa shape index (κ1) is 16.1. The lowest BCUT2D eigenvalue weighted by molar-refractivity contribution is 0.135. The maximum absolute atomic E-state index is 13.1. The Hall–Kier alpha value is -0.930. The van der Waals surface area contributed by atoms with Crippen LogP contribution in [0.3, 0.4) is 0 Å². The summed E-state index contributed by atoms with van der Waals surface area (Å²) in [6.45, 7) is 10.6. The number of rotatable bonds is 7. The molecule has 0 aliphatic carbocycles. The third-order valence-corrected chi connectivity index (χ3v) is 4.15. The zero-order valence-electron chi connectivity index (χ0n) is 12.6. The van der Waals surface area contributed by atoms with E-state index in [1.807, 2.05) is 12.1 Å². The van der Waals surface area contributed by atoms with Crippen LogP contribution >= 0.6 is 0 Å². The van der Waals surface area contributed by atoms with Crippen molar-refractivity contribution in [2.75, 3.05) is 13.1 Å². The first-order chi connectivity index (χ1) is 8.99. The summed E-state index contributed by atoms with van der Waals surface area (Å²) < 4.78 is 13.1. The molecule has 2 nitrogen and oxygen atoms in total. The Kier molecular flexibility index (Phi) is 5.95. The van der Waals surface area contributed by atoms with E-state index in [0.29, 0.717) is 0 Å². The van der Waals surface area contributed by atoms with Gasteiger partial charge in [-0.05, 0) is 44.1 Å². The zero-order valence-corrected chi connectivity index (χ0v) is 12.6. The fourth-order valence-corrected chi connectivity index (χ4v) is 2.87. The van der Waals surface area contributed by atoms with Crippen molar-refractivity contribution in [2.24, 2.45) is 5.73 Å².